The second-order valence-corrected chi connectivity index (χ2v) is 9.47. The van der Waals surface area contributed by atoms with E-state index in [0.29, 0.717) is 35.9 Å². The molecule has 196 valence electrons. The lowest BCUT2D eigenvalue weighted by molar-refractivity contribution is -0.137. The van der Waals surface area contributed by atoms with Crippen LogP contribution < -0.4 is 14.2 Å². The second-order valence-electron chi connectivity index (χ2n) is 9.09. The molecule has 0 aromatic heterocycles. The van der Waals surface area contributed by atoms with Crippen LogP contribution in [-0.4, -0.2) is 35.8 Å². The van der Waals surface area contributed by atoms with Crippen LogP contribution in [0.3, 0.4) is 0 Å². The molecule has 4 rings (SSSR count). The fourth-order valence-electron chi connectivity index (χ4n) is 4.42. The van der Waals surface area contributed by atoms with Gasteiger partial charge in [-0.1, -0.05) is 30.4 Å². The Morgan fingerprint density at radius 2 is 1.65 bits per heavy atom. The van der Waals surface area contributed by atoms with Crippen molar-refractivity contribution in [3.63, 3.8) is 0 Å². The summed E-state index contributed by atoms with van der Waals surface area (Å²) in [4.78, 5) is 2.32. The van der Waals surface area contributed by atoms with Crippen molar-refractivity contribution in [2.24, 2.45) is 0 Å². The van der Waals surface area contributed by atoms with Crippen molar-refractivity contribution < 1.29 is 27.4 Å². The molecule has 0 saturated heterocycles. The van der Waals surface area contributed by atoms with Gasteiger partial charge in [-0.3, -0.25) is 0 Å². The molecule has 0 spiro atoms. The molecule has 8 heteroatoms. The number of fused-ring (bicyclic) bond motifs is 1. The molecule has 1 aliphatic heterocycles. The van der Waals surface area contributed by atoms with Gasteiger partial charge in [0.15, 0.2) is 0 Å². The minimum atomic E-state index is -4.44. The summed E-state index contributed by atoms with van der Waals surface area (Å²) in [6, 6.07) is 18.2. The lowest BCUT2D eigenvalue weighted by atomic mass is 9.92. The Labute approximate surface area is 221 Å². The lowest BCUT2D eigenvalue weighted by Gasteiger charge is -2.39. The Morgan fingerprint density at radius 3 is 2.30 bits per heavy atom. The van der Waals surface area contributed by atoms with Gasteiger partial charge in [0.25, 0.3) is 0 Å². The van der Waals surface area contributed by atoms with E-state index in [4.69, 9.17) is 26.4 Å². The minimum absolute atomic E-state index is 0.0467. The third-order valence-electron chi connectivity index (χ3n) is 6.08. The molecule has 4 nitrogen and oxygen atoms in total. The molecule has 1 heterocycles. The van der Waals surface area contributed by atoms with Gasteiger partial charge in [0.05, 0.1) is 24.3 Å². The molecular weight excluding hydrogens is 499 g/mol. The zero-order valence-corrected chi connectivity index (χ0v) is 21.9. The molecule has 37 heavy (non-hydrogen) atoms. The van der Waals surface area contributed by atoms with Gasteiger partial charge in [0, 0.05) is 12.1 Å². The zero-order chi connectivity index (χ0) is 26.6. The molecule has 0 saturated carbocycles. The van der Waals surface area contributed by atoms with Crippen LogP contribution in [0.25, 0.3) is 0 Å². The van der Waals surface area contributed by atoms with Crippen molar-refractivity contribution in [1.82, 2.24) is 4.90 Å². The van der Waals surface area contributed by atoms with Crippen molar-refractivity contribution in [3.05, 3.63) is 89.0 Å². The zero-order valence-electron chi connectivity index (χ0n) is 21.0. The Balaban J connectivity index is 1.63. The molecule has 1 unspecified atom stereocenters. The topological polar surface area (TPSA) is 30.9 Å². The third-order valence-corrected chi connectivity index (χ3v) is 6.55. The van der Waals surface area contributed by atoms with Gasteiger partial charge in [-0.25, -0.2) is 0 Å². The first-order valence-electron chi connectivity index (χ1n) is 12.3. The molecule has 0 aliphatic carbocycles. The number of ether oxygens (including phenoxy) is 3. The predicted octanol–water partition coefficient (Wildman–Crippen LogP) is 7.25. The van der Waals surface area contributed by atoms with E-state index < -0.39 is 11.7 Å². The van der Waals surface area contributed by atoms with E-state index in [9.17, 15) is 13.2 Å². The standard InChI is InChI=1S/C29H30F3NO3S/c1-4-34-23-8-10-24(11-9-23)35-18-27-26-13-12-25(36-19(2)3)17-20(26)14-15-33(27)28(37)21-6-5-7-22(16-21)29(30,31)32/h5-13,16-17,19,27H,4,14-15,18H2,1-3H3. The Hall–Kier alpha value is -3.26. The fraction of sp³-hybridized carbons (Fsp3) is 0.345. The summed E-state index contributed by atoms with van der Waals surface area (Å²) in [5, 5.41) is 0. The van der Waals surface area contributed by atoms with Crippen LogP contribution in [0.4, 0.5) is 13.2 Å². The number of alkyl halides is 3. The largest absolute Gasteiger partial charge is 0.494 e. The summed E-state index contributed by atoms with van der Waals surface area (Å²) in [5.41, 5.74) is 1.77. The molecule has 1 aliphatic rings. The number of halogens is 3. The highest BCUT2D eigenvalue weighted by Crippen LogP contribution is 2.36. The van der Waals surface area contributed by atoms with E-state index in [1.807, 2.05) is 68.1 Å². The number of thiocarbonyl (C=S) groups is 1. The average Bonchev–Trinajstić information content (AvgIpc) is 2.87. The highest BCUT2D eigenvalue weighted by Gasteiger charge is 2.33. The van der Waals surface area contributed by atoms with E-state index in [-0.39, 0.29) is 18.8 Å². The Morgan fingerprint density at radius 1 is 0.973 bits per heavy atom. The van der Waals surface area contributed by atoms with Crippen LogP contribution in [0.5, 0.6) is 17.2 Å². The number of hydrogen-bond acceptors (Lipinski definition) is 4. The summed E-state index contributed by atoms with van der Waals surface area (Å²) >= 11 is 5.75. The lowest BCUT2D eigenvalue weighted by Crippen LogP contribution is -2.42. The monoisotopic (exact) mass is 529 g/mol. The van der Waals surface area contributed by atoms with E-state index in [2.05, 4.69) is 0 Å². The highest BCUT2D eigenvalue weighted by atomic mass is 32.1. The molecule has 3 aromatic rings. The molecule has 0 fully saturated rings. The Bertz CT molecular complexity index is 1230. The van der Waals surface area contributed by atoms with Gasteiger partial charge in [-0.05, 0) is 86.8 Å². The summed E-state index contributed by atoms with van der Waals surface area (Å²) in [7, 11) is 0. The molecule has 1 atom stereocenters. The molecule has 0 N–H and O–H groups in total. The van der Waals surface area contributed by atoms with Crippen LogP contribution in [0.15, 0.2) is 66.7 Å². The van der Waals surface area contributed by atoms with Gasteiger partial charge < -0.3 is 19.1 Å². The van der Waals surface area contributed by atoms with Crippen LogP contribution in [0, 0.1) is 0 Å². The minimum Gasteiger partial charge on any atom is -0.494 e. The van der Waals surface area contributed by atoms with Crippen LogP contribution in [0.2, 0.25) is 0 Å². The van der Waals surface area contributed by atoms with Gasteiger partial charge in [-0.15, -0.1) is 0 Å². The van der Waals surface area contributed by atoms with Gasteiger partial charge in [-0.2, -0.15) is 13.2 Å². The maximum absolute atomic E-state index is 13.4. The summed E-state index contributed by atoms with van der Waals surface area (Å²) < 4.78 is 57.6. The first kappa shape index (κ1) is 26.8. The summed E-state index contributed by atoms with van der Waals surface area (Å²) in [6.45, 7) is 7.26. The average molecular weight is 530 g/mol. The number of nitrogens with zero attached hydrogens (tertiary/aromatic N) is 1. The highest BCUT2D eigenvalue weighted by molar-refractivity contribution is 7.80. The molecular formula is C29H30F3NO3S. The third kappa shape index (κ3) is 6.55. The SMILES string of the molecule is CCOc1ccc(OCC2c3ccc(OC(C)C)cc3CCN2C(=S)c2cccc(C(F)(F)F)c2)cc1. The normalized spacial score (nSPS) is 15.3. The maximum Gasteiger partial charge on any atom is 0.416 e. The van der Waals surface area contributed by atoms with Crippen LogP contribution >= 0.6 is 12.2 Å². The number of rotatable bonds is 8. The van der Waals surface area contributed by atoms with Crippen molar-refractivity contribution in [2.45, 2.75) is 45.5 Å². The number of hydrogen-bond donors (Lipinski definition) is 0. The van der Waals surface area contributed by atoms with Crippen LogP contribution in [0.1, 0.15) is 49.1 Å². The summed E-state index contributed by atoms with van der Waals surface area (Å²) in [6.07, 6.45) is -3.71. The molecule has 0 radical (unpaired) electrons. The predicted molar refractivity (Wildman–Crippen MR) is 142 cm³/mol. The first-order chi connectivity index (χ1) is 17.7. The smallest absolute Gasteiger partial charge is 0.416 e. The molecule has 0 amide bonds. The Kier molecular flexibility index (Phi) is 8.27. The van der Waals surface area contributed by atoms with Gasteiger partial charge in [0.2, 0.25) is 0 Å². The van der Waals surface area contributed by atoms with E-state index in [1.54, 1.807) is 6.07 Å². The van der Waals surface area contributed by atoms with Crippen LogP contribution in [-0.2, 0) is 12.6 Å². The van der Waals surface area contributed by atoms with E-state index in [0.717, 1.165) is 34.8 Å². The van der Waals surface area contributed by atoms with Gasteiger partial charge >= 0.3 is 6.18 Å². The first-order valence-corrected chi connectivity index (χ1v) is 12.7. The fourth-order valence-corrected chi connectivity index (χ4v) is 4.77. The van der Waals surface area contributed by atoms with Crippen molar-refractivity contribution in [2.75, 3.05) is 19.8 Å². The van der Waals surface area contributed by atoms with Crippen molar-refractivity contribution >= 4 is 17.2 Å². The molecule has 0 bridgehead atoms. The quantitative estimate of drug-likeness (QED) is 0.287. The molecule has 3 aromatic carbocycles. The van der Waals surface area contributed by atoms with Gasteiger partial charge in [0.1, 0.15) is 28.8 Å². The van der Waals surface area contributed by atoms with E-state index in [1.165, 1.54) is 6.07 Å². The summed E-state index contributed by atoms with van der Waals surface area (Å²) in [5.74, 6) is 2.21. The number of benzene rings is 3. The van der Waals surface area contributed by atoms with Crippen molar-refractivity contribution in [3.8, 4) is 17.2 Å². The second kappa shape index (κ2) is 11.4. The van der Waals surface area contributed by atoms with Crippen molar-refractivity contribution in [1.29, 1.82) is 0 Å². The maximum atomic E-state index is 13.4. The van der Waals surface area contributed by atoms with E-state index >= 15 is 0 Å².